The number of nitrogens with zero attached hydrogens (tertiary/aromatic N) is 1. The summed E-state index contributed by atoms with van der Waals surface area (Å²) in [6, 6.07) is 5.55. The summed E-state index contributed by atoms with van der Waals surface area (Å²) in [6.45, 7) is 2.42. The van der Waals surface area contributed by atoms with E-state index in [0.717, 1.165) is 31.7 Å². The fourth-order valence-electron chi connectivity index (χ4n) is 3.31. The number of halogens is 1. The predicted octanol–water partition coefficient (Wildman–Crippen LogP) is 2.55. The van der Waals surface area contributed by atoms with Crippen molar-refractivity contribution in [2.45, 2.75) is 44.4 Å². The van der Waals surface area contributed by atoms with Gasteiger partial charge in [0.25, 0.3) is 0 Å². The van der Waals surface area contributed by atoms with E-state index >= 15 is 0 Å². The zero-order valence-electron chi connectivity index (χ0n) is 11.1. The normalized spacial score (nSPS) is 28.1. The molecule has 3 nitrogen and oxygen atoms in total. The van der Waals surface area contributed by atoms with Gasteiger partial charge in [0.1, 0.15) is 5.82 Å². The zero-order valence-corrected chi connectivity index (χ0v) is 11.1. The maximum Gasteiger partial charge on any atom is 0.146 e. The summed E-state index contributed by atoms with van der Waals surface area (Å²) in [6.07, 6.45) is 5.22. The lowest BCUT2D eigenvalue weighted by Crippen LogP contribution is -2.52. The Bertz CT molecular complexity index is 450. The number of hydrogen-bond acceptors (Lipinski definition) is 3. The number of benzene rings is 1. The van der Waals surface area contributed by atoms with Crippen molar-refractivity contribution in [3.8, 4) is 0 Å². The van der Waals surface area contributed by atoms with Gasteiger partial charge in [0.15, 0.2) is 0 Å². The van der Waals surface area contributed by atoms with E-state index in [-0.39, 0.29) is 5.82 Å². The van der Waals surface area contributed by atoms with E-state index in [1.807, 2.05) is 6.07 Å². The number of nitrogens with two attached hydrogens (primary N) is 1. The predicted molar refractivity (Wildman–Crippen MR) is 73.2 cm³/mol. The van der Waals surface area contributed by atoms with Crippen molar-refractivity contribution >= 4 is 5.69 Å². The fraction of sp³-hybridized carbons (Fsp3) is 0.600. The van der Waals surface area contributed by atoms with Crippen molar-refractivity contribution in [1.82, 2.24) is 4.90 Å². The van der Waals surface area contributed by atoms with Crippen LogP contribution in [0.3, 0.4) is 0 Å². The minimum atomic E-state index is -0.314. The SMILES string of the molecule is Nc1c(F)cccc1CN1CCOC2CCCCC21. The smallest absolute Gasteiger partial charge is 0.146 e. The lowest BCUT2D eigenvalue weighted by molar-refractivity contribution is -0.0910. The summed E-state index contributed by atoms with van der Waals surface area (Å²) in [4.78, 5) is 2.42. The van der Waals surface area contributed by atoms with E-state index in [0.29, 0.717) is 17.8 Å². The van der Waals surface area contributed by atoms with Gasteiger partial charge in [-0.25, -0.2) is 4.39 Å². The molecule has 0 amide bonds. The Kier molecular flexibility index (Phi) is 3.71. The van der Waals surface area contributed by atoms with Crippen LogP contribution in [0.5, 0.6) is 0 Å². The molecule has 1 saturated carbocycles. The molecule has 1 aliphatic heterocycles. The van der Waals surface area contributed by atoms with Crippen LogP contribution in [-0.4, -0.2) is 30.2 Å². The molecule has 1 aromatic carbocycles. The van der Waals surface area contributed by atoms with Crippen LogP contribution in [0.15, 0.2) is 18.2 Å². The van der Waals surface area contributed by atoms with Crippen molar-refractivity contribution < 1.29 is 9.13 Å². The lowest BCUT2D eigenvalue weighted by Gasteiger charge is -2.44. The molecule has 1 aromatic rings. The molecule has 0 aromatic heterocycles. The van der Waals surface area contributed by atoms with Gasteiger partial charge in [0.05, 0.1) is 18.4 Å². The Balaban J connectivity index is 1.76. The largest absolute Gasteiger partial charge is 0.396 e. The highest BCUT2D eigenvalue weighted by Gasteiger charge is 2.34. The van der Waals surface area contributed by atoms with Gasteiger partial charge in [-0.2, -0.15) is 0 Å². The van der Waals surface area contributed by atoms with E-state index < -0.39 is 0 Å². The number of rotatable bonds is 2. The van der Waals surface area contributed by atoms with Crippen molar-refractivity contribution in [2.24, 2.45) is 0 Å². The molecule has 1 heterocycles. The van der Waals surface area contributed by atoms with E-state index in [9.17, 15) is 4.39 Å². The third-order valence-corrected chi connectivity index (χ3v) is 4.36. The molecular formula is C15H21FN2O. The number of hydrogen-bond donors (Lipinski definition) is 1. The van der Waals surface area contributed by atoms with Crippen molar-refractivity contribution in [1.29, 1.82) is 0 Å². The Morgan fingerprint density at radius 3 is 3.05 bits per heavy atom. The molecule has 19 heavy (non-hydrogen) atoms. The molecule has 2 N–H and O–H groups in total. The lowest BCUT2D eigenvalue weighted by atomic mass is 9.90. The van der Waals surface area contributed by atoms with Crippen LogP contribution >= 0.6 is 0 Å². The summed E-state index contributed by atoms with van der Waals surface area (Å²) in [7, 11) is 0. The van der Waals surface area contributed by atoms with E-state index in [4.69, 9.17) is 10.5 Å². The molecule has 1 saturated heterocycles. The molecule has 1 aliphatic carbocycles. The third kappa shape index (κ3) is 2.60. The maximum absolute atomic E-state index is 13.5. The van der Waals surface area contributed by atoms with E-state index in [1.54, 1.807) is 6.07 Å². The zero-order chi connectivity index (χ0) is 13.2. The fourth-order valence-corrected chi connectivity index (χ4v) is 3.31. The van der Waals surface area contributed by atoms with Crippen LogP contribution in [0.25, 0.3) is 0 Å². The first-order valence-electron chi connectivity index (χ1n) is 7.14. The number of nitrogen functional groups attached to an aromatic ring is 1. The summed E-state index contributed by atoms with van der Waals surface area (Å²) in [5.74, 6) is -0.314. The van der Waals surface area contributed by atoms with Crippen LogP contribution in [0.2, 0.25) is 0 Å². The summed E-state index contributed by atoms with van der Waals surface area (Å²) in [5, 5.41) is 0. The van der Waals surface area contributed by atoms with Gasteiger partial charge < -0.3 is 10.5 Å². The average Bonchev–Trinajstić information content (AvgIpc) is 2.44. The Hall–Kier alpha value is -1.13. The Morgan fingerprint density at radius 2 is 2.16 bits per heavy atom. The average molecular weight is 264 g/mol. The molecular weight excluding hydrogens is 243 g/mol. The molecule has 2 unspecified atom stereocenters. The van der Waals surface area contributed by atoms with Crippen molar-refractivity contribution in [3.05, 3.63) is 29.6 Å². The number of anilines is 1. The molecule has 3 rings (SSSR count). The topological polar surface area (TPSA) is 38.5 Å². The first-order chi connectivity index (χ1) is 9.25. The summed E-state index contributed by atoms with van der Waals surface area (Å²) < 4.78 is 19.4. The van der Waals surface area contributed by atoms with Crippen molar-refractivity contribution in [2.75, 3.05) is 18.9 Å². The monoisotopic (exact) mass is 264 g/mol. The Labute approximate surface area is 113 Å². The second-order valence-corrected chi connectivity index (χ2v) is 5.54. The van der Waals surface area contributed by atoms with Gasteiger partial charge in [-0.05, 0) is 24.5 Å². The minimum Gasteiger partial charge on any atom is -0.396 e. The van der Waals surface area contributed by atoms with Crippen LogP contribution in [-0.2, 0) is 11.3 Å². The molecule has 2 aliphatic rings. The molecule has 0 bridgehead atoms. The molecule has 2 fully saturated rings. The van der Waals surface area contributed by atoms with Gasteiger partial charge in [0.2, 0.25) is 0 Å². The second kappa shape index (κ2) is 5.47. The van der Waals surface area contributed by atoms with E-state index in [1.165, 1.54) is 25.3 Å². The summed E-state index contributed by atoms with van der Waals surface area (Å²) in [5.41, 5.74) is 7.02. The maximum atomic E-state index is 13.5. The van der Waals surface area contributed by atoms with Crippen LogP contribution in [0.1, 0.15) is 31.2 Å². The summed E-state index contributed by atoms with van der Waals surface area (Å²) >= 11 is 0. The highest BCUT2D eigenvalue weighted by atomic mass is 19.1. The van der Waals surface area contributed by atoms with Crippen molar-refractivity contribution in [3.63, 3.8) is 0 Å². The number of morpholine rings is 1. The standard InChI is InChI=1S/C15H21FN2O/c16-12-5-3-4-11(15(12)17)10-18-8-9-19-14-7-2-1-6-13(14)18/h3-5,13-14H,1-2,6-10,17H2. The quantitative estimate of drug-likeness (QED) is 0.834. The van der Waals surface area contributed by atoms with Gasteiger partial charge in [-0.1, -0.05) is 25.0 Å². The van der Waals surface area contributed by atoms with Crippen LogP contribution in [0, 0.1) is 5.82 Å². The molecule has 104 valence electrons. The van der Waals surface area contributed by atoms with Crippen LogP contribution < -0.4 is 5.73 Å². The molecule has 4 heteroatoms. The second-order valence-electron chi connectivity index (χ2n) is 5.54. The Morgan fingerprint density at radius 1 is 1.32 bits per heavy atom. The van der Waals surface area contributed by atoms with Gasteiger partial charge in [-0.15, -0.1) is 0 Å². The van der Waals surface area contributed by atoms with Crippen LogP contribution in [0.4, 0.5) is 10.1 Å². The van der Waals surface area contributed by atoms with Gasteiger partial charge in [-0.3, -0.25) is 4.90 Å². The van der Waals surface area contributed by atoms with E-state index in [2.05, 4.69) is 4.90 Å². The number of ether oxygens (including phenoxy) is 1. The third-order valence-electron chi connectivity index (χ3n) is 4.36. The number of para-hydroxylation sites is 1. The first-order valence-corrected chi connectivity index (χ1v) is 7.14. The highest BCUT2D eigenvalue weighted by molar-refractivity contribution is 5.47. The number of fused-ring (bicyclic) bond motifs is 1. The highest BCUT2D eigenvalue weighted by Crippen LogP contribution is 2.30. The molecule has 0 radical (unpaired) electrons. The van der Waals surface area contributed by atoms with Gasteiger partial charge in [0, 0.05) is 19.1 Å². The molecule has 0 spiro atoms. The first kappa shape index (κ1) is 12.9. The molecule has 2 atom stereocenters. The minimum absolute atomic E-state index is 0.293. The van der Waals surface area contributed by atoms with Gasteiger partial charge >= 0.3 is 0 Å².